The number of nitrogens with one attached hydrogen (secondary N) is 1. The molecule has 1 aromatic carbocycles. The third-order valence-corrected chi connectivity index (χ3v) is 6.99. The van der Waals surface area contributed by atoms with E-state index in [-0.39, 0.29) is 40.2 Å². The highest BCUT2D eigenvalue weighted by atomic mass is 35.5. The van der Waals surface area contributed by atoms with Gasteiger partial charge in [-0.25, -0.2) is 9.97 Å². The van der Waals surface area contributed by atoms with Crippen LogP contribution in [0.2, 0.25) is 5.02 Å². The zero-order chi connectivity index (χ0) is 28.9. The van der Waals surface area contributed by atoms with Gasteiger partial charge in [-0.3, -0.25) is 4.79 Å². The first-order chi connectivity index (χ1) is 18.3. The van der Waals surface area contributed by atoms with E-state index in [9.17, 15) is 27.2 Å². The van der Waals surface area contributed by atoms with Crippen LogP contribution in [-0.4, -0.2) is 84.8 Å². The van der Waals surface area contributed by atoms with Crippen molar-refractivity contribution in [3.63, 3.8) is 0 Å². The first-order valence-corrected chi connectivity index (χ1v) is 12.7. The molecule has 0 spiro atoms. The van der Waals surface area contributed by atoms with Gasteiger partial charge in [0, 0.05) is 43.9 Å². The van der Waals surface area contributed by atoms with Gasteiger partial charge in [-0.15, -0.1) is 0 Å². The summed E-state index contributed by atoms with van der Waals surface area (Å²) in [6, 6.07) is 2.00. The monoisotopic (exact) mass is 573 g/mol. The van der Waals surface area contributed by atoms with Gasteiger partial charge >= 0.3 is 6.18 Å². The number of carbonyl (C=O) groups is 2. The number of anilines is 3. The van der Waals surface area contributed by atoms with Gasteiger partial charge < -0.3 is 30.5 Å². The molecule has 1 aliphatic heterocycles. The number of benzene rings is 1. The standard InChI is InChI=1S/C25H32ClF4N7O2/c1-35(2)24(39)19-6-8-37(23-21(27)22(31)32-14-33-23)12-20(19)36(3)7-4-5-17(13-38)34-18-10-15(25(28,29)30)9-16(26)11-18/h9-11,13-14,17,19-20,34H,4-8,12H2,1-3H3,(H2,31,32,33)/t17?,19-,20?/m0/s1. The summed E-state index contributed by atoms with van der Waals surface area (Å²) < 4.78 is 54.0. The third kappa shape index (κ3) is 7.69. The number of halogens is 5. The van der Waals surface area contributed by atoms with Crippen LogP contribution in [0.25, 0.3) is 0 Å². The van der Waals surface area contributed by atoms with Crippen LogP contribution in [-0.2, 0) is 15.8 Å². The number of rotatable bonds is 10. The van der Waals surface area contributed by atoms with Crippen LogP contribution in [0.5, 0.6) is 0 Å². The summed E-state index contributed by atoms with van der Waals surface area (Å²) in [4.78, 5) is 37.6. The highest BCUT2D eigenvalue weighted by molar-refractivity contribution is 6.31. The van der Waals surface area contributed by atoms with Crippen LogP contribution in [0, 0.1) is 11.7 Å². The normalized spacial score (nSPS) is 18.6. The first kappa shape index (κ1) is 30.4. The first-order valence-electron chi connectivity index (χ1n) is 12.3. The van der Waals surface area contributed by atoms with Crippen molar-refractivity contribution in [2.45, 2.75) is 37.5 Å². The minimum Gasteiger partial charge on any atom is -0.381 e. The van der Waals surface area contributed by atoms with E-state index in [0.29, 0.717) is 45.2 Å². The molecular formula is C25H32ClF4N7O2. The fraction of sp³-hybridized carbons (Fsp3) is 0.520. The molecule has 9 nitrogen and oxygen atoms in total. The van der Waals surface area contributed by atoms with E-state index in [0.717, 1.165) is 12.1 Å². The Balaban J connectivity index is 1.68. The van der Waals surface area contributed by atoms with Crippen molar-refractivity contribution in [3.8, 4) is 0 Å². The van der Waals surface area contributed by atoms with Gasteiger partial charge in [0.15, 0.2) is 11.6 Å². The lowest BCUT2D eigenvalue weighted by Gasteiger charge is -2.43. The van der Waals surface area contributed by atoms with E-state index in [2.05, 4.69) is 15.3 Å². The van der Waals surface area contributed by atoms with Crippen LogP contribution >= 0.6 is 11.6 Å². The van der Waals surface area contributed by atoms with Crippen molar-refractivity contribution in [3.05, 3.63) is 40.9 Å². The van der Waals surface area contributed by atoms with Crippen molar-refractivity contribution in [2.24, 2.45) is 5.92 Å². The maximum Gasteiger partial charge on any atom is 0.416 e. The summed E-state index contributed by atoms with van der Waals surface area (Å²) in [6.07, 6.45) is -1.47. The molecule has 14 heteroatoms. The van der Waals surface area contributed by atoms with Gasteiger partial charge in [-0.2, -0.15) is 17.6 Å². The van der Waals surface area contributed by atoms with E-state index in [1.54, 1.807) is 19.0 Å². The molecule has 1 aromatic heterocycles. The van der Waals surface area contributed by atoms with Crippen molar-refractivity contribution in [1.29, 1.82) is 0 Å². The summed E-state index contributed by atoms with van der Waals surface area (Å²) in [5.74, 6) is -1.31. The van der Waals surface area contributed by atoms with Gasteiger partial charge in [-0.05, 0) is 51.1 Å². The predicted molar refractivity (Wildman–Crippen MR) is 141 cm³/mol. The van der Waals surface area contributed by atoms with E-state index in [1.165, 1.54) is 17.3 Å². The molecule has 3 rings (SSSR count). The summed E-state index contributed by atoms with van der Waals surface area (Å²) in [7, 11) is 5.19. The lowest BCUT2D eigenvalue weighted by molar-refractivity contribution is -0.137. The van der Waals surface area contributed by atoms with E-state index in [1.807, 2.05) is 11.9 Å². The minimum absolute atomic E-state index is 0.0527. The molecule has 0 aliphatic carbocycles. The Hall–Kier alpha value is -3.19. The molecule has 2 aromatic rings. The van der Waals surface area contributed by atoms with Gasteiger partial charge in [0.05, 0.1) is 17.5 Å². The largest absolute Gasteiger partial charge is 0.416 e. The lowest BCUT2D eigenvalue weighted by Crippen LogP contribution is -2.56. The fourth-order valence-electron chi connectivity index (χ4n) is 4.74. The van der Waals surface area contributed by atoms with Gasteiger partial charge in [0.2, 0.25) is 11.7 Å². The Morgan fingerprint density at radius 1 is 1.28 bits per heavy atom. The number of hydrogen-bond acceptors (Lipinski definition) is 8. The number of nitrogens with two attached hydrogens (primary N) is 1. The number of aldehydes is 1. The predicted octanol–water partition coefficient (Wildman–Crippen LogP) is 3.54. The Bertz CT molecular complexity index is 1170. The number of hydrogen-bond donors (Lipinski definition) is 2. The molecule has 2 unspecified atom stereocenters. The SMILES string of the molecule is CN(C)C(=O)[C@H]1CCN(c2ncnc(N)c2F)CC1N(C)CCCC(C=O)Nc1cc(Cl)cc(C(F)(F)F)c1. The molecule has 214 valence electrons. The summed E-state index contributed by atoms with van der Waals surface area (Å²) in [5.41, 5.74) is 4.79. The van der Waals surface area contributed by atoms with Gasteiger partial charge in [0.1, 0.15) is 12.6 Å². The number of alkyl halides is 3. The number of aromatic nitrogens is 2. The van der Waals surface area contributed by atoms with Crippen LogP contribution in [0.3, 0.4) is 0 Å². The van der Waals surface area contributed by atoms with Crippen LogP contribution in [0.15, 0.2) is 24.5 Å². The average Bonchev–Trinajstić information content (AvgIpc) is 2.88. The molecule has 0 bridgehead atoms. The summed E-state index contributed by atoms with van der Waals surface area (Å²) in [5, 5.41) is 2.71. The third-order valence-electron chi connectivity index (χ3n) is 6.77. The average molecular weight is 574 g/mol. The molecule has 1 saturated heterocycles. The second-order valence-corrected chi connectivity index (χ2v) is 10.2. The van der Waals surface area contributed by atoms with Gasteiger partial charge in [-0.1, -0.05) is 11.6 Å². The number of nitrogen functional groups attached to an aromatic ring is 1. The number of carbonyl (C=O) groups excluding carboxylic acids is 2. The molecule has 1 amide bonds. The Labute approximate surface area is 229 Å². The Kier molecular flexibility index (Phi) is 9.94. The molecule has 1 fully saturated rings. The van der Waals surface area contributed by atoms with Crippen LogP contribution < -0.4 is 16.0 Å². The van der Waals surface area contributed by atoms with Crippen LogP contribution in [0.1, 0.15) is 24.8 Å². The summed E-state index contributed by atoms with van der Waals surface area (Å²) in [6.45, 7) is 1.18. The second-order valence-electron chi connectivity index (χ2n) is 9.77. The van der Waals surface area contributed by atoms with Crippen molar-refractivity contribution in [1.82, 2.24) is 19.8 Å². The van der Waals surface area contributed by atoms with Crippen molar-refractivity contribution < 1.29 is 27.2 Å². The number of nitrogens with zero attached hydrogens (tertiary/aromatic N) is 5. The molecule has 1 aliphatic rings. The second kappa shape index (κ2) is 12.8. The highest BCUT2D eigenvalue weighted by Gasteiger charge is 2.38. The summed E-state index contributed by atoms with van der Waals surface area (Å²) >= 11 is 5.84. The van der Waals surface area contributed by atoms with E-state index in [4.69, 9.17) is 17.3 Å². The number of piperidine rings is 1. The topological polar surface area (TPSA) is 108 Å². The molecule has 0 radical (unpaired) electrons. The molecule has 39 heavy (non-hydrogen) atoms. The fourth-order valence-corrected chi connectivity index (χ4v) is 4.97. The maximum atomic E-state index is 14.6. The van der Waals surface area contributed by atoms with Crippen molar-refractivity contribution in [2.75, 3.05) is 56.7 Å². The molecule has 3 atom stereocenters. The Morgan fingerprint density at radius 2 is 2.00 bits per heavy atom. The van der Waals surface area contributed by atoms with Crippen molar-refractivity contribution >= 4 is 41.1 Å². The minimum atomic E-state index is -4.57. The molecular weight excluding hydrogens is 542 g/mol. The zero-order valence-corrected chi connectivity index (χ0v) is 22.6. The smallest absolute Gasteiger partial charge is 0.381 e. The highest BCUT2D eigenvalue weighted by Crippen LogP contribution is 2.34. The Morgan fingerprint density at radius 3 is 2.64 bits per heavy atom. The molecule has 2 heterocycles. The number of amides is 1. The quantitative estimate of drug-likeness (QED) is 0.328. The van der Waals surface area contributed by atoms with Gasteiger partial charge in [0.25, 0.3) is 0 Å². The van der Waals surface area contributed by atoms with E-state index >= 15 is 0 Å². The molecule has 0 saturated carbocycles. The zero-order valence-electron chi connectivity index (χ0n) is 21.9. The van der Waals surface area contributed by atoms with Crippen LogP contribution in [0.4, 0.5) is 34.9 Å². The van der Waals surface area contributed by atoms with E-state index < -0.39 is 23.6 Å². The molecule has 3 N–H and O–H groups in total. The maximum absolute atomic E-state index is 14.6. The number of likely N-dealkylation sites (N-methyl/N-ethyl adjacent to an activating group) is 1. The lowest BCUT2D eigenvalue weighted by atomic mass is 9.89.